The molecular weight excluding hydrogens is 412 g/mol. The first-order valence-corrected chi connectivity index (χ1v) is 10.3. The Morgan fingerprint density at radius 2 is 1.71 bits per heavy atom. The Morgan fingerprint density at radius 3 is 2.29 bits per heavy atom. The number of aromatic nitrogens is 1. The number of alkyl halides is 3. The van der Waals surface area contributed by atoms with Crippen LogP contribution < -0.4 is 14.6 Å². The van der Waals surface area contributed by atoms with Crippen LogP contribution in [0.15, 0.2) is 47.7 Å². The minimum Gasteiger partial charge on any atom is -0.490 e. The lowest BCUT2D eigenvalue weighted by atomic mass is 9.98. The first kappa shape index (κ1) is 21.4. The summed E-state index contributed by atoms with van der Waals surface area (Å²) < 4.78 is 59.4. The number of rotatable bonds is 4. The molecule has 166 valence electrons. The van der Waals surface area contributed by atoms with Gasteiger partial charge in [0, 0.05) is 38.0 Å². The molecule has 3 heterocycles. The van der Waals surface area contributed by atoms with Crippen molar-refractivity contribution in [1.29, 1.82) is 0 Å². The van der Waals surface area contributed by atoms with Crippen LogP contribution in [-0.4, -0.2) is 42.1 Å². The molecule has 0 radical (unpaired) electrons. The van der Waals surface area contributed by atoms with Crippen molar-refractivity contribution in [1.82, 2.24) is 4.98 Å². The minimum atomic E-state index is -4.43. The summed E-state index contributed by atoms with van der Waals surface area (Å²) >= 11 is 0. The lowest BCUT2D eigenvalue weighted by Gasteiger charge is -2.33. The quantitative estimate of drug-likeness (QED) is 0.631. The molecule has 2 aliphatic heterocycles. The number of anilines is 2. The molecule has 1 fully saturated rings. The van der Waals surface area contributed by atoms with Crippen LogP contribution in [0.3, 0.4) is 0 Å². The molecule has 1 aromatic heterocycles. The Balaban J connectivity index is 1.37. The van der Waals surface area contributed by atoms with Crippen LogP contribution >= 0.6 is 0 Å². The molecule has 0 amide bonds. The van der Waals surface area contributed by atoms with E-state index in [2.05, 4.69) is 10.1 Å². The van der Waals surface area contributed by atoms with Crippen molar-refractivity contribution in [3.05, 3.63) is 48.4 Å². The SMILES string of the molecule is C[C@@H]1C(C(F)(F)F)=NN(c2ccc(OC3CCN(c4ncccc4F)CC3)cc2)[C@H]1C. The normalized spacial score (nSPS) is 22.6. The zero-order chi connectivity index (χ0) is 22.2. The van der Waals surface area contributed by atoms with Crippen molar-refractivity contribution in [2.24, 2.45) is 11.0 Å². The average molecular weight is 436 g/mol. The minimum absolute atomic E-state index is 0.0190. The van der Waals surface area contributed by atoms with Crippen LogP contribution in [-0.2, 0) is 0 Å². The number of hydrogen-bond acceptors (Lipinski definition) is 5. The lowest BCUT2D eigenvalue weighted by Crippen LogP contribution is -2.39. The van der Waals surface area contributed by atoms with E-state index in [1.165, 1.54) is 18.0 Å². The fourth-order valence-electron chi connectivity index (χ4n) is 4.01. The third kappa shape index (κ3) is 4.45. The van der Waals surface area contributed by atoms with Crippen molar-refractivity contribution in [2.45, 2.75) is 45.0 Å². The van der Waals surface area contributed by atoms with Crippen LogP contribution in [0.25, 0.3) is 0 Å². The first-order chi connectivity index (χ1) is 14.7. The third-order valence-corrected chi connectivity index (χ3v) is 5.93. The summed E-state index contributed by atoms with van der Waals surface area (Å²) in [5, 5.41) is 5.24. The molecule has 0 N–H and O–H groups in total. The van der Waals surface area contributed by atoms with E-state index < -0.39 is 17.8 Å². The van der Waals surface area contributed by atoms with Crippen LogP contribution in [0, 0.1) is 11.7 Å². The molecule has 0 spiro atoms. The van der Waals surface area contributed by atoms with E-state index in [-0.39, 0.29) is 18.0 Å². The van der Waals surface area contributed by atoms with Gasteiger partial charge in [0.15, 0.2) is 11.6 Å². The highest BCUT2D eigenvalue weighted by molar-refractivity contribution is 5.95. The van der Waals surface area contributed by atoms with E-state index in [4.69, 9.17) is 4.74 Å². The molecule has 4 rings (SSSR count). The highest BCUT2D eigenvalue weighted by atomic mass is 19.4. The molecule has 0 aliphatic carbocycles. The van der Waals surface area contributed by atoms with E-state index >= 15 is 0 Å². The van der Waals surface area contributed by atoms with Crippen molar-refractivity contribution >= 4 is 17.2 Å². The largest absolute Gasteiger partial charge is 0.490 e. The predicted octanol–water partition coefficient (Wildman–Crippen LogP) is 5.03. The zero-order valence-corrected chi connectivity index (χ0v) is 17.3. The predicted molar refractivity (Wildman–Crippen MR) is 111 cm³/mol. The third-order valence-electron chi connectivity index (χ3n) is 5.93. The molecule has 5 nitrogen and oxygen atoms in total. The van der Waals surface area contributed by atoms with Gasteiger partial charge in [-0.1, -0.05) is 6.92 Å². The van der Waals surface area contributed by atoms with Gasteiger partial charge >= 0.3 is 6.18 Å². The van der Waals surface area contributed by atoms with E-state index in [9.17, 15) is 17.6 Å². The maximum Gasteiger partial charge on any atom is 0.431 e. The van der Waals surface area contributed by atoms with Gasteiger partial charge in [0.25, 0.3) is 0 Å². The number of hydrogen-bond donors (Lipinski definition) is 0. The van der Waals surface area contributed by atoms with Crippen LogP contribution in [0.1, 0.15) is 26.7 Å². The topological polar surface area (TPSA) is 41.0 Å². The fraction of sp³-hybridized carbons (Fsp3) is 0.455. The van der Waals surface area contributed by atoms with Crippen molar-refractivity contribution in [3.8, 4) is 5.75 Å². The number of nitrogens with zero attached hydrogens (tertiary/aromatic N) is 4. The van der Waals surface area contributed by atoms with Gasteiger partial charge in [-0.05, 0) is 43.3 Å². The Kier molecular flexibility index (Phi) is 5.77. The van der Waals surface area contributed by atoms with Crippen molar-refractivity contribution < 1.29 is 22.3 Å². The molecule has 1 saturated heterocycles. The van der Waals surface area contributed by atoms with Crippen molar-refractivity contribution in [2.75, 3.05) is 23.0 Å². The number of piperidine rings is 1. The second-order valence-electron chi connectivity index (χ2n) is 7.96. The highest BCUT2D eigenvalue weighted by Crippen LogP contribution is 2.35. The zero-order valence-electron chi connectivity index (χ0n) is 17.3. The Hall–Kier alpha value is -2.84. The Labute approximate surface area is 178 Å². The molecule has 9 heteroatoms. The first-order valence-electron chi connectivity index (χ1n) is 10.3. The van der Waals surface area contributed by atoms with Crippen LogP contribution in [0.2, 0.25) is 0 Å². The number of pyridine rings is 1. The van der Waals surface area contributed by atoms with Crippen LogP contribution in [0.4, 0.5) is 29.1 Å². The molecular formula is C22H24F4N4O. The van der Waals surface area contributed by atoms with E-state index in [1.807, 2.05) is 4.90 Å². The average Bonchev–Trinajstić information content (AvgIpc) is 3.05. The molecule has 0 bridgehead atoms. The summed E-state index contributed by atoms with van der Waals surface area (Å²) in [4.78, 5) is 6.02. The summed E-state index contributed by atoms with van der Waals surface area (Å²) in [5.41, 5.74) is -0.164. The summed E-state index contributed by atoms with van der Waals surface area (Å²) in [5.74, 6) is -0.0338. The summed E-state index contributed by atoms with van der Waals surface area (Å²) in [6, 6.07) is 9.52. The van der Waals surface area contributed by atoms with E-state index in [1.54, 1.807) is 43.5 Å². The molecule has 1 aromatic carbocycles. The maximum absolute atomic E-state index is 13.9. The summed E-state index contributed by atoms with van der Waals surface area (Å²) in [6.07, 6.45) is -1.44. The molecule has 0 unspecified atom stereocenters. The summed E-state index contributed by atoms with van der Waals surface area (Å²) in [7, 11) is 0. The van der Waals surface area contributed by atoms with Crippen LogP contribution in [0.5, 0.6) is 5.75 Å². The Morgan fingerprint density at radius 1 is 1.03 bits per heavy atom. The molecule has 2 atom stereocenters. The smallest absolute Gasteiger partial charge is 0.431 e. The van der Waals surface area contributed by atoms with Gasteiger partial charge in [-0.2, -0.15) is 18.3 Å². The van der Waals surface area contributed by atoms with Crippen molar-refractivity contribution in [3.63, 3.8) is 0 Å². The standard InChI is InChI=1S/C22H24F4N4O/c1-14-15(2)30(28-20(14)22(24,25)26)16-5-7-17(8-6-16)31-18-9-12-29(13-10-18)21-19(23)4-3-11-27-21/h3-8,11,14-15,18H,9-10,12-13H2,1-2H3/t14-,15-/m0/s1. The molecule has 2 aromatic rings. The molecule has 0 saturated carbocycles. The number of ether oxygens (including phenoxy) is 1. The molecule has 2 aliphatic rings. The van der Waals surface area contributed by atoms with Gasteiger partial charge in [0.1, 0.15) is 17.6 Å². The second-order valence-corrected chi connectivity index (χ2v) is 7.96. The Bertz CT molecular complexity index is 939. The van der Waals surface area contributed by atoms with Gasteiger partial charge in [-0.3, -0.25) is 5.01 Å². The summed E-state index contributed by atoms with van der Waals surface area (Å²) in [6.45, 7) is 4.54. The fourth-order valence-corrected chi connectivity index (χ4v) is 4.01. The number of benzene rings is 1. The van der Waals surface area contributed by atoms with E-state index in [0.717, 1.165) is 12.8 Å². The number of halogens is 4. The van der Waals surface area contributed by atoms with Gasteiger partial charge < -0.3 is 9.64 Å². The monoisotopic (exact) mass is 436 g/mol. The van der Waals surface area contributed by atoms with Gasteiger partial charge in [0.2, 0.25) is 0 Å². The van der Waals surface area contributed by atoms with Gasteiger partial charge in [-0.15, -0.1) is 0 Å². The highest BCUT2D eigenvalue weighted by Gasteiger charge is 2.46. The second kappa shape index (κ2) is 8.36. The van der Waals surface area contributed by atoms with Gasteiger partial charge in [-0.25, -0.2) is 9.37 Å². The van der Waals surface area contributed by atoms with Gasteiger partial charge in [0.05, 0.1) is 11.7 Å². The lowest BCUT2D eigenvalue weighted by molar-refractivity contribution is -0.0619. The van der Waals surface area contributed by atoms with E-state index in [0.29, 0.717) is 30.3 Å². The maximum atomic E-state index is 13.9. The number of hydrazone groups is 1. The molecule has 31 heavy (non-hydrogen) atoms.